The summed E-state index contributed by atoms with van der Waals surface area (Å²) >= 11 is 0. The SMILES string of the molecule is O=C(O)NC(c1ccc(OC(F)(F)F)c(F)c1)c1ncccc1F. The first-order valence-electron chi connectivity index (χ1n) is 6.32. The number of nitrogens with one attached hydrogen (secondary N) is 1. The van der Waals surface area contributed by atoms with Crippen LogP contribution >= 0.6 is 0 Å². The predicted molar refractivity (Wildman–Crippen MR) is 70.3 cm³/mol. The first-order chi connectivity index (χ1) is 11.2. The lowest BCUT2D eigenvalue weighted by Crippen LogP contribution is -2.29. The fourth-order valence-corrected chi connectivity index (χ4v) is 1.95. The van der Waals surface area contributed by atoms with Gasteiger partial charge in [0.1, 0.15) is 17.6 Å². The number of aromatic nitrogens is 1. The Hall–Kier alpha value is -2.91. The van der Waals surface area contributed by atoms with E-state index in [0.29, 0.717) is 12.1 Å². The third kappa shape index (κ3) is 4.31. The summed E-state index contributed by atoms with van der Waals surface area (Å²) in [7, 11) is 0. The van der Waals surface area contributed by atoms with E-state index in [0.717, 1.165) is 12.1 Å². The number of hydrogen-bond donors (Lipinski definition) is 2. The van der Waals surface area contributed by atoms with Gasteiger partial charge in [-0.1, -0.05) is 6.07 Å². The van der Waals surface area contributed by atoms with E-state index in [9.17, 15) is 26.7 Å². The number of halogens is 5. The van der Waals surface area contributed by atoms with Gasteiger partial charge >= 0.3 is 12.5 Å². The summed E-state index contributed by atoms with van der Waals surface area (Å²) in [6.07, 6.45) is -5.46. The van der Waals surface area contributed by atoms with Gasteiger partial charge in [0.05, 0.1) is 0 Å². The predicted octanol–water partition coefficient (Wildman–Crippen LogP) is 3.62. The lowest BCUT2D eigenvalue weighted by Gasteiger charge is -2.18. The molecule has 2 N–H and O–H groups in total. The first kappa shape index (κ1) is 17.4. The minimum Gasteiger partial charge on any atom is -0.465 e. The van der Waals surface area contributed by atoms with E-state index in [1.165, 1.54) is 12.3 Å². The van der Waals surface area contributed by atoms with Gasteiger partial charge in [-0.2, -0.15) is 0 Å². The van der Waals surface area contributed by atoms with E-state index < -0.39 is 35.9 Å². The van der Waals surface area contributed by atoms with E-state index in [1.807, 2.05) is 5.32 Å². The zero-order valence-electron chi connectivity index (χ0n) is 11.6. The monoisotopic (exact) mass is 348 g/mol. The zero-order valence-corrected chi connectivity index (χ0v) is 11.6. The molecule has 1 aromatic carbocycles. The fraction of sp³-hybridized carbons (Fsp3) is 0.143. The Morgan fingerprint density at radius 2 is 1.92 bits per heavy atom. The maximum Gasteiger partial charge on any atom is 0.573 e. The van der Waals surface area contributed by atoms with Crippen molar-refractivity contribution >= 4 is 6.09 Å². The molecule has 1 aromatic heterocycles. The van der Waals surface area contributed by atoms with Crippen LogP contribution in [0.4, 0.5) is 26.7 Å². The number of pyridine rings is 1. The number of hydrogen-bond acceptors (Lipinski definition) is 3. The molecule has 0 radical (unpaired) electrons. The van der Waals surface area contributed by atoms with Gasteiger partial charge in [0.15, 0.2) is 11.6 Å². The maximum absolute atomic E-state index is 13.8. The number of benzene rings is 1. The van der Waals surface area contributed by atoms with Crippen molar-refractivity contribution in [1.29, 1.82) is 0 Å². The van der Waals surface area contributed by atoms with Gasteiger partial charge in [-0.05, 0) is 29.8 Å². The van der Waals surface area contributed by atoms with Crippen LogP contribution in [0.1, 0.15) is 17.3 Å². The van der Waals surface area contributed by atoms with Gasteiger partial charge in [0.25, 0.3) is 0 Å². The topological polar surface area (TPSA) is 71.5 Å². The molecule has 0 saturated heterocycles. The van der Waals surface area contributed by atoms with Crippen LogP contribution in [0.2, 0.25) is 0 Å². The van der Waals surface area contributed by atoms with Gasteiger partial charge in [-0.15, -0.1) is 13.2 Å². The van der Waals surface area contributed by atoms with Crippen LogP contribution in [0.15, 0.2) is 36.5 Å². The van der Waals surface area contributed by atoms with E-state index in [2.05, 4.69) is 9.72 Å². The molecule has 0 aliphatic heterocycles. The van der Waals surface area contributed by atoms with Crippen LogP contribution in [0.5, 0.6) is 5.75 Å². The number of rotatable bonds is 4. The van der Waals surface area contributed by atoms with Gasteiger partial charge in [-0.25, -0.2) is 13.6 Å². The Labute approximate surface area is 131 Å². The van der Waals surface area contributed by atoms with Crippen molar-refractivity contribution in [2.45, 2.75) is 12.4 Å². The van der Waals surface area contributed by atoms with Gasteiger partial charge in [-0.3, -0.25) is 4.98 Å². The van der Waals surface area contributed by atoms with Crippen molar-refractivity contribution in [2.75, 3.05) is 0 Å². The van der Waals surface area contributed by atoms with E-state index in [4.69, 9.17) is 5.11 Å². The summed E-state index contributed by atoms with van der Waals surface area (Å²) in [5, 5.41) is 10.8. The molecule has 0 saturated carbocycles. The van der Waals surface area contributed by atoms with Gasteiger partial charge in [0, 0.05) is 6.20 Å². The van der Waals surface area contributed by atoms with Crippen LogP contribution in [0, 0.1) is 11.6 Å². The molecule has 1 atom stereocenters. The Morgan fingerprint density at radius 3 is 2.46 bits per heavy atom. The van der Waals surface area contributed by atoms with Crippen LogP contribution in [0.25, 0.3) is 0 Å². The highest BCUT2D eigenvalue weighted by atomic mass is 19.4. The minimum atomic E-state index is -5.09. The van der Waals surface area contributed by atoms with Gasteiger partial charge in [0.2, 0.25) is 0 Å². The quantitative estimate of drug-likeness (QED) is 0.828. The first-order valence-corrected chi connectivity index (χ1v) is 6.32. The maximum atomic E-state index is 13.8. The number of carboxylic acid groups (broad SMARTS) is 1. The lowest BCUT2D eigenvalue weighted by molar-refractivity contribution is -0.275. The summed E-state index contributed by atoms with van der Waals surface area (Å²) in [5.41, 5.74) is -0.509. The summed E-state index contributed by atoms with van der Waals surface area (Å²) in [6, 6.07) is 3.09. The largest absolute Gasteiger partial charge is 0.573 e. The molecule has 0 bridgehead atoms. The molecule has 1 unspecified atom stereocenters. The summed E-state index contributed by atoms with van der Waals surface area (Å²) in [4.78, 5) is 14.6. The standard InChI is InChI=1S/C14H9F5N2O3/c15-8-2-1-5-20-12(8)11(21-13(22)23)7-3-4-10(9(16)6-7)24-14(17,18)19/h1-6,11,21H,(H,22,23). The Bertz CT molecular complexity index is 751. The van der Waals surface area contributed by atoms with Crippen molar-refractivity contribution in [3.63, 3.8) is 0 Å². The second kappa shape index (κ2) is 6.69. The summed E-state index contributed by atoms with van der Waals surface area (Å²) in [6.45, 7) is 0. The molecule has 2 rings (SSSR count). The van der Waals surface area contributed by atoms with E-state index >= 15 is 0 Å². The third-order valence-corrected chi connectivity index (χ3v) is 2.84. The number of amides is 1. The molecule has 128 valence electrons. The molecule has 0 aliphatic rings. The molecular weight excluding hydrogens is 339 g/mol. The molecule has 24 heavy (non-hydrogen) atoms. The molecule has 1 amide bonds. The second-order valence-electron chi connectivity index (χ2n) is 4.49. The number of carbonyl (C=O) groups is 1. The highest BCUT2D eigenvalue weighted by molar-refractivity contribution is 5.66. The Balaban J connectivity index is 2.42. The highest BCUT2D eigenvalue weighted by Gasteiger charge is 2.33. The van der Waals surface area contributed by atoms with E-state index in [1.54, 1.807) is 0 Å². The average molecular weight is 348 g/mol. The number of nitrogens with zero attached hydrogens (tertiary/aromatic N) is 1. The molecular formula is C14H9F5N2O3. The smallest absolute Gasteiger partial charge is 0.465 e. The number of ether oxygens (including phenoxy) is 1. The molecule has 0 fully saturated rings. The molecule has 2 aromatic rings. The average Bonchev–Trinajstić information content (AvgIpc) is 2.46. The highest BCUT2D eigenvalue weighted by Crippen LogP contribution is 2.30. The lowest BCUT2D eigenvalue weighted by atomic mass is 10.0. The molecule has 0 aliphatic carbocycles. The van der Waals surface area contributed by atoms with Crippen molar-refractivity contribution < 1.29 is 36.6 Å². The van der Waals surface area contributed by atoms with Crippen molar-refractivity contribution in [3.8, 4) is 5.75 Å². The van der Waals surface area contributed by atoms with Crippen molar-refractivity contribution in [3.05, 3.63) is 59.4 Å². The third-order valence-electron chi connectivity index (χ3n) is 2.84. The van der Waals surface area contributed by atoms with Crippen LogP contribution in [-0.4, -0.2) is 22.5 Å². The molecule has 1 heterocycles. The van der Waals surface area contributed by atoms with Crippen LogP contribution < -0.4 is 10.1 Å². The fourth-order valence-electron chi connectivity index (χ4n) is 1.95. The molecule has 5 nitrogen and oxygen atoms in total. The second-order valence-corrected chi connectivity index (χ2v) is 4.49. The Morgan fingerprint density at radius 1 is 1.21 bits per heavy atom. The van der Waals surface area contributed by atoms with E-state index in [-0.39, 0.29) is 11.3 Å². The van der Waals surface area contributed by atoms with Crippen LogP contribution in [0.3, 0.4) is 0 Å². The Kier molecular flexibility index (Phi) is 4.86. The minimum absolute atomic E-state index is 0.151. The number of alkyl halides is 3. The van der Waals surface area contributed by atoms with Crippen LogP contribution in [-0.2, 0) is 0 Å². The van der Waals surface area contributed by atoms with Crippen molar-refractivity contribution in [2.24, 2.45) is 0 Å². The molecule has 10 heteroatoms. The normalized spacial score (nSPS) is 12.5. The zero-order chi connectivity index (χ0) is 17.9. The summed E-state index contributed by atoms with van der Waals surface area (Å²) in [5.74, 6) is -3.35. The summed E-state index contributed by atoms with van der Waals surface area (Å²) < 4.78 is 67.5. The molecule has 0 spiro atoms. The van der Waals surface area contributed by atoms with Crippen molar-refractivity contribution in [1.82, 2.24) is 10.3 Å². The van der Waals surface area contributed by atoms with Gasteiger partial charge < -0.3 is 15.2 Å².